The molecule has 0 aliphatic rings. The van der Waals surface area contributed by atoms with Gasteiger partial charge >= 0.3 is 0 Å². The number of phenolic OH excluding ortho intramolecular Hbond substituents is 1. The van der Waals surface area contributed by atoms with Crippen LogP contribution in [0.25, 0.3) is 0 Å². The molecule has 0 fully saturated rings. The van der Waals surface area contributed by atoms with Crippen LogP contribution in [0, 0.1) is 0 Å². The Morgan fingerprint density at radius 1 is 1.44 bits per heavy atom. The first-order valence-electron chi connectivity index (χ1n) is 5.07. The van der Waals surface area contributed by atoms with E-state index >= 15 is 0 Å². The minimum absolute atomic E-state index is 0.0104. The molecule has 1 aromatic carbocycles. The van der Waals surface area contributed by atoms with Crippen molar-refractivity contribution in [1.29, 1.82) is 0 Å². The summed E-state index contributed by atoms with van der Waals surface area (Å²) in [6, 6.07) is 3.78. The van der Waals surface area contributed by atoms with E-state index in [1.165, 1.54) is 18.2 Å². The highest BCUT2D eigenvalue weighted by Crippen LogP contribution is 2.24. The second kappa shape index (κ2) is 6.75. The molecule has 100 valence electrons. The first kappa shape index (κ1) is 15.0. The van der Waals surface area contributed by atoms with E-state index in [0.717, 1.165) is 4.90 Å². The predicted octanol–water partition coefficient (Wildman–Crippen LogP) is 2.99. The number of amides is 1. The summed E-state index contributed by atoms with van der Waals surface area (Å²) < 4.78 is 24.6. The van der Waals surface area contributed by atoms with Gasteiger partial charge in [0.2, 0.25) is 0 Å². The molecule has 0 spiro atoms. The topological polar surface area (TPSA) is 40.5 Å². The van der Waals surface area contributed by atoms with Crippen LogP contribution >= 0.6 is 23.2 Å². The molecule has 0 aliphatic carbocycles. The van der Waals surface area contributed by atoms with Crippen molar-refractivity contribution in [3.8, 4) is 5.75 Å². The highest BCUT2D eigenvalue weighted by atomic mass is 35.5. The molecular formula is C11H11Cl2F2NO2. The minimum Gasteiger partial charge on any atom is -0.506 e. The first-order chi connectivity index (χ1) is 8.45. The van der Waals surface area contributed by atoms with Gasteiger partial charge in [0.1, 0.15) is 5.75 Å². The Morgan fingerprint density at radius 3 is 2.61 bits per heavy atom. The number of rotatable bonds is 5. The zero-order valence-corrected chi connectivity index (χ0v) is 10.8. The third-order valence-corrected chi connectivity index (χ3v) is 2.67. The van der Waals surface area contributed by atoms with Gasteiger partial charge in [0, 0.05) is 18.0 Å². The van der Waals surface area contributed by atoms with E-state index in [2.05, 4.69) is 0 Å². The number of carbonyl (C=O) groups is 1. The number of hydrogen-bond acceptors (Lipinski definition) is 2. The lowest BCUT2D eigenvalue weighted by Crippen LogP contribution is -2.36. The minimum atomic E-state index is -2.63. The number of aromatic hydroxyl groups is 1. The Bertz CT molecular complexity index is 430. The summed E-state index contributed by atoms with van der Waals surface area (Å²) >= 11 is 11.1. The maximum absolute atomic E-state index is 12.3. The van der Waals surface area contributed by atoms with Gasteiger partial charge in [-0.3, -0.25) is 4.79 Å². The average Bonchev–Trinajstić information content (AvgIpc) is 2.31. The van der Waals surface area contributed by atoms with Gasteiger partial charge in [0.05, 0.1) is 11.6 Å². The van der Waals surface area contributed by atoms with Gasteiger partial charge in [-0.2, -0.15) is 0 Å². The molecule has 0 unspecified atom stereocenters. The van der Waals surface area contributed by atoms with Crippen LogP contribution < -0.4 is 0 Å². The summed E-state index contributed by atoms with van der Waals surface area (Å²) in [5, 5.41) is 9.20. The predicted molar refractivity (Wildman–Crippen MR) is 65.7 cm³/mol. The largest absolute Gasteiger partial charge is 0.506 e. The number of nitrogens with zero attached hydrogens (tertiary/aromatic N) is 1. The SMILES string of the molecule is O=C(c1ccc(O)c(Cl)c1)N(CCCl)CC(F)F. The highest BCUT2D eigenvalue weighted by molar-refractivity contribution is 6.32. The molecule has 1 N–H and O–H groups in total. The standard InChI is InChI=1S/C11H11Cl2F2NO2/c12-3-4-16(6-10(14)15)11(18)7-1-2-9(17)8(13)5-7/h1-2,5,10,17H,3-4,6H2. The van der Waals surface area contributed by atoms with Gasteiger partial charge in [-0.15, -0.1) is 11.6 Å². The highest BCUT2D eigenvalue weighted by Gasteiger charge is 2.19. The summed E-state index contributed by atoms with van der Waals surface area (Å²) in [5.41, 5.74) is 0.128. The zero-order valence-electron chi connectivity index (χ0n) is 9.25. The number of halogens is 4. The lowest BCUT2D eigenvalue weighted by molar-refractivity contribution is 0.0571. The molecule has 0 bridgehead atoms. The first-order valence-corrected chi connectivity index (χ1v) is 5.99. The summed E-state index contributed by atoms with van der Waals surface area (Å²) in [5.74, 6) is -0.714. The van der Waals surface area contributed by atoms with Crippen LogP contribution in [-0.2, 0) is 0 Å². The Morgan fingerprint density at radius 2 is 2.11 bits per heavy atom. The molecule has 1 amide bonds. The van der Waals surface area contributed by atoms with Crippen LogP contribution in [0.1, 0.15) is 10.4 Å². The molecule has 3 nitrogen and oxygen atoms in total. The second-order valence-corrected chi connectivity index (χ2v) is 4.28. The Balaban J connectivity index is 2.90. The summed E-state index contributed by atoms with van der Waals surface area (Å²) in [6.45, 7) is -0.673. The van der Waals surface area contributed by atoms with E-state index in [1.807, 2.05) is 0 Å². The van der Waals surface area contributed by atoms with Crippen molar-refractivity contribution in [2.24, 2.45) is 0 Å². The fraction of sp³-hybridized carbons (Fsp3) is 0.364. The van der Waals surface area contributed by atoms with Crippen molar-refractivity contribution >= 4 is 29.1 Å². The molecule has 7 heteroatoms. The van der Waals surface area contributed by atoms with Crippen molar-refractivity contribution < 1.29 is 18.7 Å². The van der Waals surface area contributed by atoms with Crippen molar-refractivity contribution in [1.82, 2.24) is 4.90 Å². The quantitative estimate of drug-likeness (QED) is 0.849. The fourth-order valence-corrected chi connectivity index (χ4v) is 1.75. The van der Waals surface area contributed by atoms with Gasteiger partial charge < -0.3 is 10.0 Å². The Kier molecular flexibility index (Phi) is 5.62. The number of hydrogen-bond donors (Lipinski definition) is 1. The fourth-order valence-electron chi connectivity index (χ4n) is 1.37. The van der Waals surface area contributed by atoms with Gasteiger partial charge in [0.25, 0.3) is 12.3 Å². The second-order valence-electron chi connectivity index (χ2n) is 3.50. The molecule has 0 atom stereocenters. The van der Waals surface area contributed by atoms with Crippen LogP contribution in [0.4, 0.5) is 8.78 Å². The van der Waals surface area contributed by atoms with Crippen LogP contribution in [0.15, 0.2) is 18.2 Å². The molecule has 0 radical (unpaired) electrons. The number of benzene rings is 1. The van der Waals surface area contributed by atoms with E-state index in [-0.39, 0.29) is 28.8 Å². The molecule has 0 saturated heterocycles. The van der Waals surface area contributed by atoms with Gasteiger partial charge in [0.15, 0.2) is 0 Å². The van der Waals surface area contributed by atoms with Crippen molar-refractivity contribution in [2.75, 3.05) is 19.0 Å². The lowest BCUT2D eigenvalue weighted by atomic mass is 10.2. The molecule has 1 aromatic rings. The van der Waals surface area contributed by atoms with E-state index in [1.54, 1.807) is 0 Å². The lowest BCUT2D eigenvalue weighted by Gasteiger charge is -2.21. The third-order valence-electron chi connectivity index (χ3n) is 2.19. The summed E-state index contributed by atoms with van der Waals surface area (Å²) in [7, 11) is 0. The smallest absolute Gasteiger partial charge is 0.255 e. The zero-order chi connectivity index (χ0) is 13.7. The van der Waals surface area contributed by atoms with Gasteiger partial charge in [-0.1, -0.05) is 11.6 Å². The Hall–Kier alpha value is -1.07. The van der Waals surface area contributed by atoms with Crippen molar-refractivity contribution in [3.05, 3.63) is 28.8 Å². The van der Waals surface area contributed by atoms with Crippen LogP contribution in [0.3, 0.4) is 0 Å². The monoisotopic (exact) mass is 297 g/mol. The van der Waals surface area contributed by atoms with Crippen LogP contribution in [0.2, 0.25) is 5.02 Å². The summed E-state index contributed by atoms with van der Waals surface area (Å²) in [4.78, 5) is 12.9. The van der Waals surface area contributed by atoms with Crippen LogP contribution in [-0.4, -0.2) is 41.3 Å². The molecule has 18 heavy (non-hydrogen) atoms. The van der Waals surface area contributed by atoms with Crippen molar-refractivity contribution in [3.63, 3.8) is 0 Å². The third kappa shape index (κ3) is 3.99. The molecule has 0 heterocycles. The van der Waals surface area contributed by atoms with Crippen LogP contribution in [0.5, 0.6) is 5.75 Å². The van der Waals surface area contributed by atoms with Crippen molar-refractivity contribution in [2.45, 2.75) is 6.43 Å². The van der Waals surface area contributed by atoms with Gasteiger partial charge in [-0.25, -0.2) is 8.78 Å². The molecule has 0 aliphatic heterocycles. The van der Waals surface area contributed by atoms with E-state index in [9.17, 15) is 18.7 Å². The molecule has 1 rings (SSSR count). The Labute approximate surface area is 113 Å². The molecule has 0 aromatic heterocycles. The summed E-state index contributed by atoms with van der Waals surface area (Å²) in [6.07, 6.45) is -2.63. The average molecular weight is 298 g/mol. The maximum Gasteiger partial charge on any atom is 0.255 e. The number of phenols is 1. The van der Waals surface area contributed by atoms with E-state index in [4.69, 9.17) is 23.2 Å². The normalized spacial score (nSPS) is 10.7. The van der Waals surface area contributed by atoms with Gasteiger partial charge in [-0.05, 0) is 18.2 Å². The number of carbonyl (C=O) groups excluding carboxylic acids is 1. The maximum atomic E-state index is 12.3. The number of alkyl halides is 3. The molecular weight excluding hydrogens is 287 g/mol. The van der Waals surface area contributed by atoms with E-state index in [0.29, 0.717) is 0 Å². The molecule has 0 saturated carbocycles. The van der Waals surface area contributed by atoms with E-state index < -0.39 is 18.9 Å².